The number of carbonyl (C=O) groups is 1. The third-order valence-electron chi connectivity index (χ3n) is 2.74. The van der Waals surface area contributed by atoms with Crippen molar-refractivity contribution < 1.29 is 9.90 Å². The Balaban J connectivity index is 2.34. The van der Waals surface area contributed by atoms with Gasteiger partial charge in [0.15, 0.2) is 0 Å². The molecular formula is C11H21NO2S. The van der Waals surface area contributed by atoms with Gasteiger partial charge in [0.2, 0.25) is 5.91 Å². The number of aliphatic hydroxyl groups is 1. The molecular weight excluding hydrogens is 210 g/mol. The first-order valence-electron chi connectivity index (χ1n) is 5.73. The number of thioether (sulfide) groups is 1. The second kappa shape index (κ2) is 7.12. The molecule has 1 unspecified atom stereocenters. The van der Waals surface area contributed by atoms with Crippen LogP contribution in [0.1, 0.15) is 32.6 Å². The topological polar surface area (TPSA) is 40.5 Å². The largest absolute Gasteiger partial charge is 0.396 e. The third-order valence-corrected chi connectivity index (χ3v) is 3.93. The zero-order chi connectivity index (χ0) is 11.1. The molecule has 1 saturated heterocycles. The Kier molecular flexibility index (Phi) is 6.10. The maximum atomic E-state index is 11.8. The third kappa shape index (κ3) is 4.43. The van der Waals surface area contributed by atoms with E-state index in [1.165, 1.54) is 6.42 Å². The van der Waals surface area contributed by atoms with E-state index in [-0.39, 0.29) is 6.61 Å². The molecule has 0 bridgehead atoms. The van der Waals surface area contributed by atoms with E-state index in [0.717, 1.165) is 37.3 Å². The van der Waals surface area contributed by atoms with Crippen LogP contribution in [0.5, 0.6) is 0 Å². The summed E-state index contributed by atoms with van der Waals surface area (Å²) in [4.78, 5) is 13.8. The molecule has 1 atom stereocenters. The summed E-state index contributed by atoms with van der Waals surface area (Å²) in [5.41, 5.74) is 0. The molecule has 1 amide bonds. The molecule has 0 aromatic heterocycles. The van der Waals surface area contributed by atoms with Gasteiger partial charge in [0.25, 0.3) is 0 Å². The fraction of sp³-hybridized carbons (Fsp3) is 0.909. The molecule has 1 N–H and O–H groups in total. The van der Waals surface area contributed by atoms with Gasteiger partial charge < -0.3 is 10.0 Å². The summed E-state index contributed by atoms with van der Waals surface area (Å²) >= 11 is 1.72. The molecule has 1 rings (SSSR count). The van der Waals surface area contributed by atoms with Crippen molar-refractivity contribution in [3.8, 4) is 0 Å². The van der Waals surface area contributed by atoms with Crippen LogP contribution in [0, 0.1) is 0 Å². The van der Waals surface area contributed by atoms with Gasteiger partial charge in [0.1, 0.15) is 0 Å². The Morgan fingerprint density at radius 2 is 2.27 bits per heavy atom. The maximum Gasteiger partial charge on any atom is 0.222 e. The Morgan fingerprint density at radius 1 is 1.47 bits per heavy atom. The maximum absolute atomic E-state index is 11.8. The summed E-state index contributed by atoms with van der Waals surface area (Å²) in [7, 11) is 0. The average molecular weight is 231 g/mol. The van der Waals surface area contributed by atoms with E-state index in [1.54, 1.807) is 11.8 Å². The van der Waals surface area contributed by atoms with Crippen LogP contribution in [0.15, 0.2) is 0 Å². The fourth-order valence-corrected chi connectivity index (χ4v) is 2.69. The molecule has 4 heteroatoms. The first-order chi connectivity index (χ1) is 7.25. The predicted molar refractivity (Wildman–Crippen MR) is 64.1 cm³/mol. The van der Waals surface area contributed by atoms with Crippen LogP contribution in [0.25, 0.3) is 0 Å². The zero-order valence-corrected chi connectivity index (χ0v) is 10.3. The Bertz CT molecular complexity index is 199. The lowest BCUT2D eigenvalue weighted by molar-refractivity contribution is -0.132. The molecule has 0 aliphatic carbocycles. The molecule has 88 valence electrons. The van der Waals surface area contributed by atoms with E-state index >= 15 is 0 Å². The van der Waals surface area contributed by atoms with Gasteiger partial charge in [-0.15, -0.1) is 0 Å². The van der Waals surface area contributed by atoms with E-state index < -0.39 is 0 Å². The van der Waals surface area contributed by atoms with Crippen LogP contribution in [0.4, 0.5) is 0 Å². The van der Waals surface area contributed by atoms with Crippen molar-refractivity contribution in [2.45, 2.75) is 38.6 Å². The molecule has 0 spiro atoms. The number of nitrogens with zero attached hydrogens (tertiary/aromatic N) is 1. The van der Waals surface area contributed by atoms with Gasteiger partial charge in [-0.2, -0.15) is 11.8 Å². The zero-order valence-electron chi connectivity index (χ0n) is 9.45. The highest BCUT2D eigenvalue weighted by Gasteiger charge is 2.21. The summed E-state index contributed by atoms with van der Waals surface area (Å²) in [6.07, 6.45) is 4.08. The lowest BCUT2D eigenvalue weighted by atomic mass is 10.2. The summed E-state index contributed by atoms with van der Waals surface area (Å²) in [6.45, 7) is 3.25. The van der Waals surface area contributed by atoms with E-state index in [4.69, 9.17) is 5.11 Å². The van der Waals surface area contributed by atoms with Crippen molar-refractivity contribution in [2.24, 2.45) is 0 Å². The quantitative estimate of drug-likeness (QED) is 0.729. The number of hydrogen-bond acceptors (Lipinski definition) is 3. The Hall–Kier alpha value is -0.220. The van der Waals surface area contributed by atoms with Crippen molar-refractivity contribution >= 4 is 17.7 Å². The van der Waals surface area contributed by atoms with Crippen LogP contribution >= 0.6 is 11.8 Å². The van der Waals surface area contributed by atoms with Crippen molar-refractivity contribution in [1.29, 1.82) is 0 Å². The first-order valence-corrected chi connectivity index (χ1v) is 6.89. The number of aliphatic hydroxyl groups excluding tert-OH is 1. The van der Waals surface area contributed by atoms with Crippen molar-refractivity contribution in [2.75, 3.05) is 24.7 Å². The van der Waals surface area contributed by atoms with E-state index in [0.29, 0.717) is 11.9 Å². The molecule has 0 aromatic carbocycles. The Morgan fingerprint density at radius 3 is 3.00 bits per heavy atom. The van der Waals surface area contributed by atoms with Gasteiger partial charge >= 0.3 is 0 Å². The fourth-order valence-electron chi connectivity index (χ4n) is 1.88. The summed E-state index contributed by atoms with van der Waals surface area (Å²) < 4.78 is 0. The minimum Gasteiger partial charge on any atom is -0.396 e. The SMILES string of the molecule is CC(CSCCO)N1CCCCCC1=O. The number of rotatable bonds is 5. The number of carbonyl (C=O) groups excluding carboxylic acids is 1. The van der Waals surface area contributed by atoms with Gasteiger partial charge in [-0.3, -0.25) is 4.79 Å². The smallest absolute Gasteiger partial charge is 0.222 e. The second-order valence-corrected chi connectivity index (χ2v) is 5.20. The van der Waals surface area contributed by atoms with Crippen LogP contribution in [0.2, 0.25) is 0 Å². The van der Waals surface area contributed by atoms with Crippen molar-refractivity contribution in [3.05, 3.63) is 0 Å². The molecule has 1 fully saturated rings. The van der Waals surface area contributed by atoms with Gasteiger partial charge in [-0.1, -0.05) is 6.42 Å². The lowest BCUT2D eigenvalue weighted by Crippen LogP contribution is -2.39. The normalized spacial score (nSPS) is 20.1. The number of hydrogen-bond donors (Lipinski definition) is 1. The molecule has 0 saturated carbocycles. The molecule has 1 aliphatic rings. The van der Waals surface area contributed by atoms with E-state index in [9.17, 15) is 4.79 Å². The second-order valence-electron chi connectivity index (χ2n) is 4.05. The van der Waals surface area contributed by atoms with Crippen LogP contribution < -0.4 is 0 Å². The minimum absolute atomic E-state index is 0.228. The summed E-state index contributed by atoms with van der Waals surface area (Å²) in [5.74, 6) is 2.02. The van der Waals surface area contributed by atoms with E-state index in [2.05, 4.69) is 6.92 Å². The highest BCUT2D eigenvalue weighted by atomic mass is 32.2. The molecule has 0 aromatic rings. The predicted octanol–water partition coefficient (Wildman–Crippen LogP) is 1.50. The van der Waals surface area contributed by atoms with Crippen molar-refractivity contribution in [3.63, 3.8) is 0 Å². The van der Waals surface area contributed by atoms with E-state index in [1.807, 2.05) is 4.90 Å². The molecule has 1 aliphatic heterocycles. The van der Waals surface area contributed by atoms with Gasteiger partial charge in [-0.25, -0.2) is 0 Å². The molecule has 15 heavy (non-hydrogen) atoms. The first kappa shape index (κ1) is 12.8. The van der Waals surface area contributed by atoms with Gasteiger partial charge in [-0.05, 0) is 19.8 Å². The monoisotopic (exact) mass is 231 g/mol. The van der Waals surface area contributed by atoms with Crippen LogP contribution in [-0.4, -0.2) is 46.6 Å². The summed E-state index contributed by atoms with van der Waals surface area (Å²) in [6, 6.07) is 0.312. The standard InChI is InChI=1S/C11H21NO2S/c1-10(9-15-8-7-13)12-6-4-2-3-5-11(12)14/h10,13H,2-9H2,1H3. The molecule has 1 heterocycles. The highest BCUT2D eigenvalue weighted by molar-refractivity contribution is 7.99. The lowest BCUT2D eigenvalue weighted by Gasteiger charge is -2.27. The van der Waals surface area contributed by atoms with Crippen molar-refractivity contribution in [1.82, 2.24) is 4.90 Å². The highest BCUT2D eigenvalue weighted by Crippen LogP contribution is 2.16. The molecule has 3 nitrogen and oxygen atoms in total. The number of likely N-dealkylation sites (tertiary alicyclic amines) is 1. The van der Waals surface area contributed by atoms with Gasteiger partial charge in [0.05, 0.1) is 6.61 Å². The average Bonchev–Trinajstić information content (AvgIpc) is 2.43. The van der Waals surface area contributed by atoms with Crippen LogP contribution in [-0.2, 0) is 4.79 Å². The summed E-state index contributed by atoms with van der Waals surface area (Å²) in [5, 5.41) is 8.69. The molecule has 0 radical (unpaired) electrons. The Labute approximate surface area is 96.2 Å². The number of amides is 1. The minimum atomic E-state index is 0.228. The van der Waals surface area contributed by atoms with Gasteiger partial charge in [0, 0.05) is 30.5 Å². The van der Waals surface area contributed by atoms with Crippen LogP contribution in [0.3, 0.4) is 0 Å².